The van der Waals surface area contributed by atoms with Crippen LogP contribution in [0.25, 0.3) is 11.4 Å². The summed E-state index contributed by atoms with van der Waals surface area (Å²) in [6.45, 7) is 2.32. The zero-order valence-electron chi connectivity index (χ0n) is 11.0. The molecule has 19 heavy (non-hydrogen) atoms. The fraction of sp³-hybridized carbons (Fsp3) is 0.286. The zero-order chi connectivity index (χ0) is 13.7. The first-order chi connectivity index (χ1) is 9.20. The van der Waals surface area contributed by atoms with Crippen LogP contribution < -0.4 is 15.2 Å². The zero-order valence-corrected chi connectivity index (χ0v) is 11.0. The van der Waals surface area contributed by atoms with Gasteiger partial charge in [0.1, 0.15) is 12.4 Å². The van der Waals surface area contributed by atoms with Crippen molar-refractivity contribution in [1.82, 2.24) is 9.97 Å². The fourth-order valence-corrected chi connectivity index (χ4v) is 1.59. The Morgan fingerprint density at radius 3 is 2.53 bits per heavy atom. The number of aromatic nitrogens is 2. The molecular formula is C14H17N3O2. The lowest BCUT2D eigenvalue weighted by molar-refractivity contribution is 0.294. The molecule has 1 aromatic heterocycles. The van der Waals surface area contributed by atoms with E-state index >= 15 is 0 Å². The van der Waals surface area contributed by atoms with Gasteiger partial charge in [0, 0.05) is 6.04 Å². The first-order valence-corrected chi connectivity index (χ1v) is 6.04. The highest BCUT2D eigenvalue weighted by Crippen LogP contribution is 2.26. The van der Waals surface area contributed by atoms with Crippen LogP contribution in [0.4, 0.5) is 0 Å². The molecule has 0 saturated carbocycles. The third-order valence-corrected chi connectivity index (χ3v) is 2.49. The molecule has 2 N–H and O–H groups in total. The molecule has 0 radical (unpaired) electrons. The number of nitrogens with zero attached hydrogens (tertiary/aromatic N) is 2. The maximum atomic E-state index is 5.62. The van der Waals surface area contributed by atoms with E-state index in [-0.39, 0.29) is 6.04 Å². The Kier molecular flexibility index (Phi) is 4.30. The van der Waals surface area contributed by atoms with E-state index in [0.29, 0.717) is 18.2 Å². The summed E-state index contributed by atoms with van der Waals surface area (Å²) in [7, 11) is 1.62. The van der Waals surface area contributed by atoms with Gasteiger partial charge in [-0.05, 0) is 19.1 Å². The molecule has 5 nitrogen and oxygen atoms in total. The van der Waals surface area contributed by atoms with E-state index in [0.717, 1.165) is 11.3 Å². The first kappa shape index (κ1) is 13.3. The number of nitrogens with two attached hydrogens (primary N) is 1. The van der Waals surface area contributed by atoms with Crippen molar-refractivity contribution >= 4 is 0 Å². The molecule has 0 aliphatic rings. The SMILES string of the molecule is COc1ccccc1-c1ncc(OCC(C)N)cn1. The number of hydrogen-bond acceptors (Lipinski definition) is 5. The molecule has 0 aliphatic carbocycles. The summed E-state index contributed by atoms with van der Waals surface area (Å²) in [6.07, 6.45) is 3.27. The van der Waals surface area contributed by atoms with E-state index in [1.807, 2.05) is 31.2 Å². The minimum Gasteiger partial charge on any atom is -0.496 e. The van der Waals surface area contributed by atoms with Gasteiger partial charge in [-0.15, -0.1) is 0 Å². The van der Waals surface area contributed by atoms with Gasteiger partial charge in [-0.25, -0.2) is 9.97 Å². The average molecular weight is 259 g/mol. The Hall–Kier alpha value is -2.14. The first-order valence-electron chi connectivity index (χ1n) is 6.04. The van der Waals surface area contributed by atoms with E-state index < -0.39 is 0 Å². The molecule has 1 heterocycles. The molecule has 1 aromatic carbocycles. The second kappa shape index (κ2) is 6.15. The number of methoxy groups -OCH3 is 1. The number of para-hydroxylation sites is 1. The highest BCUT2D eigenvalue weighted by Gasteiger charge is 2.07. The fourth-order valence-electron chi connectivity index (χ4n) is 1.59. The summed E-state index contributed by atoms with van der Waals surface area (Å²) in [4.78, 5) is 8.56. The van der Waals surface area contributed by atoms with Crippen molar-refractivity contribution in [3.63, 3.8) is 0 Å². The molecule has 0 spiro atoms. The molecule has 0 amide bonds. The van der Waals surface area contributed by atoms with Crippen molar-refractivity contribution in [1.29, 1.82) is 0 Å². The van der Waals surface area contributed by atoms with Crippen molar-refractivity contribution in [2.75, 3.05) is 13.7 Å². The largest absolute Gasteiger partial charge is 0.496 e. The van der Waals surface area contributed by atoms with Gasteiger partial charge in [0.15, 0.2) is 11.6 Å². The predicted molar refractivity (Wildman–Crippen MR) is 73.2 cm³/mol. The lowest BCUT2D eigenvalue weighted by Gasteiger charge is -2.09. The van der Waals surface area contributed by atoms with Crippen molar-refractivity contribution in [2.45, 2.75) is 13.0 Å². The van der Waals surface area contributed by atoms with Crippen LogP contribution in [0.1, 0.15) is 6.92 Å². The van der Waals surface area contributed by atoms with E-state index in [4.69, 9.17) is 15.2 Å². The van der Waals surface area contributed by atoms with Crippen LogP contribution in [0.3, 0.4) is 0 Å². The molecule has 2 aromatic rings. The average Bonchev–Trinajstić information content (AvgIpc) is 2.45. The van der Waals surface area contributed by atoms with Crippen molar-refractivity contribution in [3.8, 4) is 22.9 Å². The Balaban J connectivity index is 2.18. The molecule has 100 valence electrons. The number of hydrogen-bond donors (Lipinski definition) is 1. The Bertz CT molecular complexity index is 526. The third kappa shape index (κ3) is 3.42. The molecule has 0 bridgehead atoms. The van der Waals surface area contributed by atoms with Crippen molar-refractivity contribution < 1.29 is 9.47 Å². The molecule has 0 aliphatic heterocycles. The highest BCUT2D eigenvalue weighted by molar-refractivity contribution is 5.63. The van der Waals surface area contributed by atoms with Gasteiger partial charge in [-0.1, -0.05) is 12.1 Å². The molecule has 0 saturated heterocycles. The Morgan fingerprint density at radius 1 is 1.21 bits per heavy atom. The lowest BCUT2D eigenvalue weighted by Crippen LogP contribution is -2.23. The van der Waals surface area contributed by atoms with Gasteiger partial charge in [0.05, 0.1) is 25.1 Å². The number of benzene rings is 1. The second-order valence-electron chi connectivity index (χ2n) is 4.23. The quantitative estimate of drug-likeness (QED) is 0.887. The van der Waals surface area contributed by atoms with Gasteiger partial charge in [-0.3, -0.25) is 0 Å². The molecule has 1 unspecified atom stereocenters. The summed E-state index contributed by atoms with van der Waals surface area (Å²) in [5.41, 5.74) is 6.47. The summed E-state index contributed by atoms with van der Waals surface area (Å²) < 4.78 is 10.7. The minimum absolute atomic E-state index is 0.0195. The second-order valence-corrected chi connectivity index (χ2v) is 4.23. The van der Waals surface area contributed by atoms with E-state index in [2.05, 4.69) is 9.97 Å². The molecular weight excluding hydrogens is 242 g/mol. The molecule has 2 rings (SSSR count). The van der Waals surface area contributed by atoms with Crippen LogP contribution in [-0.2, 0) is 0 Å². The topological polar surface area (TPSA) is 70.3 Å². The van der Waals surface area contributed by atoms with Gasteiger partial charge in [-0.2, -0.15) is 0 Å². The van der Waals surface area contributed by atoms with Crippen LogP contribution >= 0.6 is 0 Å². The molecule has 1 atom stereocenters. The monoisotopic (exact) mass is 259 g/mol. The van der Waals surface area contributed by atoms with Crippen LogP contribution in [0, 0.1) is 0 Å². The Morgan fingerprint density at radius 2 is 1.89 bits per heavy atom. The highest BCUT2D eigenvalue weighted by atomic mass is 16.5. The van der Waals surface area contributed by atoms with Gasteiger partial charge in [0.2, 0.25) is 0 Å². The van der Waals surface area contributed by atoms with Crippen LogP contribution in [0.2, 0.25) is 0 Å². The van der Waals surface area contributed by atoms with E-state index in [1.165, 1.54) is 0 Å². The summed E-state index contributed by atoms with van der Waals surface area (Å²) in [6, 6.07) is 7.59. The van der Waals surface area contributed by atoms with E-state index in [9.17, 15) is 0 Å². The maximum absolute atomic E-state index is 5.62. The normalized spacial score (nSPS) is 11.9. The van der Waals surface area contributed by atoms with Gasteiger partial charge in [0.25, 0.3) is 0 Å². The third-order valence-electron chi connectivity index (χ3n) is 2.49. The van der Waals surface area contributed by atoms with Crippen LogP contribution in [0.15, 0.2) is 36.7 Å². The Labute approximate surface area is 112 Å². The maximum Gasteiger partial charge on any atom is 0.163 e. The van der Waals surface area contributed by atoms with Crippen molar-refractivity contribution in [3.05, 3.63) is 36.7 Å². The number of rotatable bonds is 5. The van der Waals surface area contributed by atoms with Crippen LogP contribution in [0.5, 0.6) is 11.5 Å². The summed E-state index contributed by atoms with van der Waals surface area (Å²) in [5, 5.41) is 0. The molecule has 5 heteroatoms. The standard InChI is InChI=1S/C14H17N3O2/c1-10(15)9-19-11-7-16-14(17-8-11)12-5-3-4-6-13(12)18-2/h3-8,10H,9,15H2,1-2H3. The summed E-state index contributed by atoms with van der Waals surface area (Å²) >= 11 is 0. The van der Waals surface area contributed by atoms with Gasteiger partial charge < -0.3 is 15.2 Å². The number of ether oxygens (including phenoxy) is 2. The smallest absolute Gasteiger partial charge is 0.163 e. The molecule has 0 fully saturated rings. The van der Waals surface area contributed by atoms with Crippen LogP contribution in [-0.4, -0.2) is 29.7 Å². The summed E-state index contributed by atoms with van der Waals surface area (Å²) in [5.74, 6) is 1.95. The minimum atomic E-state index is -0.0195. The van der Waals surface area contributed by atoms with Gasteiger partial charge >= 0.3 is 0 Å². The van der Waals surface area contributed by atoms with Crippen molar-refractivity contribution in [2.24, 2.45) is 5.73 Å². The predicted octanol–water partition coefficient (Wildman–Crippen LogP) is 1.88. The lowest BCUT2D eigenvalue weighted by atomic mass is 10.2. The van der Waals surface area contributed by atoms with E-state index in [1.54, 1.807) is 19.5 Å².